The minimum Gasteiger partial charge on any atom is -0.381 e. The molecule has 0 heterocycles. The van der Waals surface area contributed by atoms with Gasteiger partial charge in [-0.2, -0.15) is 0 Å². The van der Waals surface area contributed by atoms with Crippen molar-refractivity contribution in [3.63, 3.8) is 0 Å². The zero-order chi connectivity index (χ0) is 7.66. The van der Waals surface area contributed by atoms with Gasteiger partial charge in [0.25, 0.3) is 0 Å². The van der Waals surface area contributed by atoms with Gasteiger partial charge >= 0.3 is 0 Å². The van der Waals surface area contributed by atoms with Crippen molar-refractivity contribution in [1.29, 1.82) is 0 Å². The van der Waals surface area contributed by atoms with E-state index in [1.165, 1.54) is 12.8 Å². The van der Waals surface area contributed by atoms with Crippen molar-refractivity contribution < 1.29 is 4.74 Å². The molecule has 59 valence electrons. The monoisotopic (exact) mass is 141 g/mol. The van der Waals surface area contributed by atoms with Crippen LogP contribution in [0.4, 0.5) is 0 Å². The van der Waals surface area contributed by atoms with Crippen LogP contribution in [0.5, 0.6) is 0 Å². The third-order valence-corrected chi connectivity index (χ3v) is 1.29. The van der Waals surface area contributed by atoms with E-state index in [1.54, 1.807) is 0 Å². The van der Waals surface area contributed by atoms with E-state index in [9.17, 15) is 0 Å². The summed E-state index contributed by atoms with van der Waals surface area (Å²) in [5, 5.41) is 0. The molecule has 0 spiro atoms. The summed E-state index contributed by atoms with van der Waals surface area (Å²) in [5.74, 6) is 0. The summed E-state index contributed by atoms with van der Waals surface area (Å²) < 4.78 is 5.08. The number of hydrogen-bond acceptors (Lipinski definition) is 1. The Balaban J connectivity index is 2.77. The Labute approximate surface area is 64.1 Å². The van der Waals surface area contributed by atoms with Gasteiger partial charge in [0, 0.05) is 13.2 Å². The van der Waals surface area contributed by atoms with E-state index in [1.807, 2.05) is 6.92 Å². The van der Waals surface area contributed by atoms with Crippen LogP contribution in [0, 0.1) is 6.92 Å². The van der Waals surface area contributed by atoms with E-state index in [4.69, 9.17) is 4.74 Å². The van der Waals surface area contributed by atoms with Crippen molar-refractivity contribution in [2.24, 2.45) is 0 Å². The van der Waals surface area contributed by atoms with Gasteiger partial charge in [-0.3, -0.25) is 0 Å². The van der Waals surface area contributed by atoms with Crippen LogP contribution in [0.15, 0.2) is 12.2 Å². The molecule has 0 rings (SSSR count). The molecule has 0 aromatic heterocycles. The summed E-state index contributed by atoms with van der Waals surface area (Å²) in [6, 6.07) is 0. The molecule has 0 unspecified atom stereocenters. The third-order valence-electron chi connectivity index (χ3n) is 1.29. The minimum atomic E-state index is 0.601. The standard InChI is InChI=1S/C9H17O/c1-3-5-6-7-8-9-10-4-2/h3,5H,2,4,6-9H2,1H3. The Morgan fingerprint density at radius 2 is 2.20 bits per heavy atom. The quantitative estimate of drug-likeness (QED) is 0.408. The van der Waals surface area contributed by atoms with Crippen LogP contribution in [0.2, 0.25) is 0 Å². The molecule has 0 atom stereocenters. The second-order valence-electron chi connectivity index (χ2n) is 2.18. The molecule has 1 heteroatoms. The summed E-state index contributed by atoms with van der Waals surface area (Å²) in [6.45, 7) is 7.09. The maximum atomic E-state index is 5.08. The van der Waals surface area contributed by atoms with E-state index in [-0.39, 0.29) is 0 Å². The van der Waals surface area contributed by atoms with Crippen molar-refractivity contribution in [2.45, 2.75) is 26.2 Å². The second kappa shape index (κ2) is 8.70. The smallest absolute Gasteiger partial charge is 0.0466 e. The number of hydrogen-bond donors (Lipinski definition) is 0. The summed E-state index contributed by atoms with van der Waals surface area (Å²) in [5.41, 5.74) is 0. The van der Waals surface area contributed by atoms with Gasteiger partial charge in [0.2, 0.25) is 0 Å². The molecule has 0 aliphatic carbocycles. The lowest BCUT2D eigenvalue weighted by Crippen LogP contribution is -1.92. The van der Waals surface area contributed by atoms with Gasteiger partial charge in [0.15, 0.2) is 0 Å². The van der Waals surface area contributed by atoms with Crippen molar-refractivity contribution in [1.82, 2.24) is 0 Å². The maximum Gasteiger partial charge on any atom is 0.0466 e. The Hall–Kier alpha value is -0.300. The number of allylic oxidation sites excluding steroid dienone is 2. The molecule has 10 heavy (non-hydrogen) atoms. The number of rotatable bonds is 6. The first-order chi connectivity index (χ1) is 4.91. The summed E-state index contributed by atoms with van der Waals surface area (Å²) in [4.78, 5) is 0. The molecule has 1 radical (unpaired) electrons. The second-order valence-corrected chi connectivity index (χ2v) is 2.18. The van der Waals surface area contributed by atoms with Crippen molar-refractivity contribution in [3.8, 4) is 0 Å². The Morgan fingerprint density at radius 1 is 1.40 bits per heavy atom. The van der Waals surface area contributed by atoms with Crippen LogP contribution >= 0.6 is 0 Å². The number of unbranched alkanes of at least 4 members (excludes halogenated alkanes) is 2. The molecule has 0 aliphatic rings. The average Bonchev–Trinajstić information content (AvgIpc) is 1.97. The van der Waals surface area contributed by atoms with Crippen LogP contribution in [-0.4, -0.2) is 13.2 Å². The zero-order valence-corrected chi connectivity index (χ0v) is 6.81. The van der Waals surface area contributed by atoms with Gasteiger partial charge in [-0.25, -0.2) is 0 Å². The van der Waals surface area contributed by atoms with Crippen molar-refractivity contribution >= 4 is 0 Å². The first-order valence-electron chi connectivity index (χ1n) is 3.90. The molecule has 0 saturated heterocycles. The average molecular weight is 141 g/mol. The molecular weight excluding hydrogens is 124 g/mol. The van der Waals surface area contributed by atoms with Crippen LogP contribution in [0.3, 0.4) is 0 Å². The summed E-state index contributed by atoms with van der Waals surface area (Å²) in [7, 11) is 0. The fraction of sp³-hybridized carbons (Fsp3) is 0.667. The van der Waals surface area contributed by atoms with E-state index in [0.29, 0.717) is 6.61 Å². The lowest BCUT2D eigenvalue weighted by atomic mass is 10.2. The maximum absolute atomic E-state index is 5.08. The molecule has 0 bridgehead atoms. The van der Waals surface area contributed by atoms with Crippen molar-refractivity contribution in [3.05, 3.63) is 19.1 Å². The first kappa shape index (κ1) is 9.70. The molecule has 0 amide bonds. The molecule has 0 saturated carbocycles. The molecule has 0 aliphatic heterocycles. The van der Waals surface area contributed by atoms with Gasteiger partial charge in [0.05, 0.1) is 0 Å². The summed E-state index contributed by atoms with van der Waals surface area (Å²) in [6.07, 6.45) is 7.83. The Bertz CT molecular complexity index is 76.8. The van der Waals surface area contributed by atoms with Gasteiger partial charge in [-0.05, 0) is 33.1 Å². The lowest BCUT2D eigenvalue weighted by molar-refractivity contribution is 0.156. The zero-order valence-electron chi connectivity index (χ0n) is 6.81. The highest BCUT2D eigenvalue weighted by molar-refractivity contribution is 4.75. The largest absolute Gasteiger partial charge is 0.381 e. The van der Waals surface area contributed by atoms with Crippen LogP contribution in [-0.2, 0) is 4.74 Å². The topological polar surface area (TPSA) is 9.23 Å². The van der Waals surface area contributed by atoms with Crippen molar-refractivity contribution in [2.75, 3.05) is 13.2 Å². The molecule has 0 fully saturated rings. The van der Waals surface area contributed by atoms with E-state index in [2.05, 4.69) is 19.1 Å². The van der Waals surface area contributed by atoms with E-state index >= 15 is 0 Å². The normalized spacial score (nSPS) is 11.0. The predicted octanol–water partition coefficient (Wildman–Crippen LogP) is 2.58. The SMILES string of the molecule is [CH2]COCCCCC=CC. The Morgan fingerprint density at radius 3 is 2.80 bits per heavy atom. The van der Waals surface area contributed by atoms with Crippen LogP contribution in [0.25, 0.3) is 0 Å². The van der Waals surface area contributed by atoms with Gasteiger partial charge in [-0.15, -0.1) is 0 Å². The minimum absolute atomic E-state index is 0.601. The van der Waals surface area contributed by atoms with Crippen LogP contribution < -0.4 is 0 Å². The molecule has 1 nitrogen and oxygen atoms in total. The van der Waals surface area contributed by atoms with E-state index in [0.717, 1.165) is 13.0 Å². The summed E-state index contributed by atoms with van der Waals surface area (Å²) >= 11 is 0. The first-order valence-corrected chi connectivity index (χ1v) is 3.90. The highest BCUT2D eigenvalue weighted by Crippen LogP contribution is 1.96. The molecule has 0 aromatic rings. The molecule has 0 aromatic carbocycles. The lowest BCUT2D eigenvalue weighted by Gasteiger charge is -1.97. The fourth-order valence-corrected chi connectivity index (χ4v) is 0.735. The molecular formula is C9H17O. The molecule has 0 N–H and O–H groups in total. The van der Waals surface area contributed by atoms with E-state index < -0.39 is 0 Å². The highest BCUT2D eigenvalue weighted by Gasteiger charge is 1.84. The predicted molar refractivity (Wildman–Crippen MR) is 44.8 cm³/mol. The third kappa shape index (κ3) is 7.70. The van der Waals surface area contributed by atoms with Crippen LogP contribution in [0.1, 0.15) is 26.2 Å². The van der Waals surface area contributed by atoms with Gasteiger partial charge < -0.3 is 4.74 Å². The fourth-order valence-electron chi connectivity index (χ4n) is 0.735. The van der Waals surface area contributed by atoms with Gasteiger partial charge in [-0.1, -0.05) is 12.2 Å². The Kier molecular flexibility index (Phi) is 8.44. The highest BCUT2D eigenvalue weighted by atomic mass is 16.5. The number of ether oxygens (including phenoxy) is 1. The van der Waals surface area contributed by atoms with Gasteiger partial charge in [0.1, 0.15) is 0 Å².